The van der Waals surface area contributed by atoms with Gasteiger partial charge in [0.2, 0.25) is 5.91 Å². The highest BCUT2D eigenvalue weighted by atomic mass is 16.5. The van der Waals surface area contributed by atoms with E-state index in [-0.39, 0.29) is 5.91 Å². The summed E-state index contributed by atoms with van der Waals surface area (Å²) in [4.78, 5) is 25.2. The van der Waals surface area contributed by atoms with Gasteiger partial charge >= 0.3 is 0 Å². The fraction of sp³-hybridized carbons (Fsp3) is 0.150. The molecule has 0 fully saturated rings. The Hall–Kier alpha value is -3.61. The van der Waals surface area contributed by atoms with Crippen molar-refractivity contribution in [2.45, 2.75) is 6.04 Å². The van der Waals surface area contributed by atoms with Crippen molar-refractivity contribution in [1.29, 1.82) is 0 Å². The SMILES string of the molecule is CNC(=O)[C@H](NC(=O)c1cn[nH]c1-c1cccc(OC)c1)c1ccccc1. The number of nitrogens with one attached hydrogen (secondary N) is 3. The number of ether oxygens (including phenoxy) is 1. The van der Waals surface area contributed by atoms with E-state index in [4.69, 9.17) is 4.74 Å². The normalized spacial score (nSPS) is 11.5. The molecule has 1 aromatic heterocycles. The van der Waals surface area contributed by atoms with Crippen molar-refractivity contribution in [3.63, 3.8) is 0 Å². The van der Waals surface area contributed by atoms with Crippen LogP contribution >= 0.6 is 0 Å². The maximum absolute atomic E-state index is 12.9. The molecule has 0 radical (unpaired) electrons. The van der Waals surface area contributed by atoms with Crippen LogP contribution in [0.2, 0.25) is 0 Å². The highest BCUT2D eigenvalue weighted by Crippen LogP contribution is 2.25. The number of carbonyl (C=O) groups excluding carboxylic acids is 2. The van der Waals surface area contributed by atoms with Crippen LogP contribution in [-0.4, -0.2) is 36.2 Å². The molecular formula is C20H20N4O3. The molecule has 7 heteroatoms. The van der Waals surface area contributed by atoms with Gasteiger partial charge in [-0.25, -0.2) is 0 Å². The van der Waals surface area contributed by atoms with Crippen LogP contribution in [0.15, 0.2) is 60.8 Å². The van der Waals surface area contributed by atoms with Gasteiger partial charge in [-0.2, -0.15) is 5.10 Å². The number of aromatic nitrogens is 2. The predicted molar refractivity (Wildman–Crippen MR) is 101 cm³/mol. The largest absolute Gasteiger partial charge is 0.497 e. The second kappa shape index (κ2) is 8.18. The van der Waals surface area contributed by atoms with E-state index in [1.54, 1.807) is 25.3 Å². The number of likely N-dealkylation sites (N-methyl/N-ethyl adjacent to an activating group) is 1. The molecule has 0 aliphatic heterocycles. The van der Waals surface area contributed by atoms with Crippen molar-refractivity contribution in [1.82, 2.24) is 20.8 Å². The summed E-state index contributed by atoms with van der Waals surface area (Å²) in [6.07, 6.45) is 1.44. The second-order valence-electron chi connectivity index (χ2n) is 5.82. The molecule has 3 aromatic rings. The topological polar surface area (TPSA) is 96.1 Å². The van der Waals surface area contributed by atoms with E-state index in [1.165, 1.54) is 13.2 Å². The molecule has 0 saturated carbocycles. The Kier molecular flexibility index (Phi) is 5.51. The third-order valence-corrected chi connectivity index (χ3v) is 4.16. The first kappa shape index (κ1) is 18.2. The summed E-state index contributed by atoms with van der Waals surface area (Å²) in [5, 5.41) is 12.2. The van der Waals surface area contributed by atoms with E-state index in [0.29, 0.717) is 22.6 Å². The molecule has 2 amide bonds. The van der Waals surface area contributed by atoms with Gasteiger partial charge in [0.15, 0.2) is 0 Å². The Morgan fingerprint density at radius 3 is 2.59 bits per heavy atom. The maximum Gasteiger partial charge on any atom is 0.256 e. The van der Waals surface area contributed by atoms with Gasteiger partial charge < -0.3 is 15.4 Å². The number of aromatic amines is 1. The molecule has 138 valence electrons. The van der Waals surface area contributed by atoms with Crippen LogP contribution in [-0.2, 0) is 4.79 Å². The van der Waals surface area contributed by atoms with Gasteiger partial charge in [-0.15, -0.1) is 0 Å². The Labute approximate surface area is 156 Å². The van der Waals surface area contributed by atoms with Gasteiger partial charge in [-0.1, -0.05) is 42.5 Å². The number of rotatable bonds is 6. The van der Waals surface area contributed by atoms with Crippen molar-refractivity contribution in [2.24, 2.45) is 0 Å². The third kappa shape index (κ3) is 3.98. The Bertz CT molecular complexity index is 937. The van der Waals surface area contributed by atoms with Crippen LogP contribution in [0.4, 0.5) is 0 Å². The van der Waals surface area contributed by atoms with E-state index < -0.39 is 11.9 Å². The van der Waals surface area contributed by atoms with Gasteiger partial charge in [-0.3, -0.25) is 14.7 Å². The number of hydrogen-bond donors (Lipinski definition) is 3. The van der Waals surface area contributed by atoms with Crippen LogP contribution in [0, 0.1) is 0 Å². The summed E-state index contributed by atoms with van der Waals surface area (Å²) in [5.74, 6) is -0.0408. The minimum absolute atomic E-state index is 0.305. The number of nitrogens with zero attached hydrogens (tertiary/aromatic N) is 1. The number of benzene rings is 2. The first-order valence-electron chi connectivity index (χ1n) is 8.39. The number of carbonyl (C=O) groups is 2. The van der Waals surface area contributed by atoms with E-state index in [2.05, 4.69) is 20.8 Å². The summed E-state index contributed by atoms with van der Waals surface area (Å²) < 4.78 is 5.23. The molecule has 0 bridgehead atoms. The van der Waals surface area contributed by atoms with Gasteiger partial charge in [0.05, 0.1) is 24.6 Å². The van der Waals surface area contributed by atoms with Crippen LogP contribution in [0.3, 0.4) is 0 Å². The van der Waals surface area contributed by atoms with Crippen molar-refractivity contribution in [3.05, 3.63) is 71.9 Å². The van der Waals surface area contributed by atoms with Gasteiger partial charge in [0.1, 0.15) is 11.8 Å². The molecule has 0 unspecified atom stereocenters. The zero-order chi connectivity index (χ0) is 19.2. The van der Waals surface area contributed by atoms with E-state index in [1.807, 2.05) is 36.4 Å². The van der Waals surface area contributed by atoms with Crippen LogP contribution in [0.1, 0.15) is 22.0 Å². The fourth-order valence-electron chi connectivity index (χ4n) is 2.76. The molecule has 0 spiro atoms. The molecular weight excluding hydrogens is 344 g/mol. The second-order valence-corrected chi connectivity index (χ2v) is 5.82. The molecule has 1 atom stereocenters. The Balaban J connectivity index is 1.90. The molecule has 1 heterocycles. The first-order chi connectivity index (χ1) is 13.1. The smallest absolute Gasteiger partial charge is 0.256 e. The monoisotopic (exact) mass is 364 g/mol. The number of H-pyrrole nitrogens is 1. The van der Waals surface area contributed by atoms with E-state index >= 15 is 0 Å². The lowest BCUT2D eigenvalue weighted by molar-refractivity contribution is -0.122. The van der Waals surface area contributed by atoms with Gasteiger partial charge in [0.25, 0.3) is 5.91 Å². The number of methoxy groups -OCH3 is 1. The Morgan fingerprint density at radius 2 is 1.89 bits per heavy atom. The van der Waals surface area contributed by atoms with Crippen molar-refractivity contribution < 1.29 is 14.3 Å². The quantitative estimate of drug-likeness (QED) is 0.625. The van der Waals surface area contributed by atoms with Crippen molar-refractivity contribution in [2.75, 3.05) is 14.2 Å². The fourth-order valence-corrected chi connectivity index (χ4v) is 2.76. The van der Waals surface area contributed by atoms with E-state index in [9.17, 15) is 9.59 Å². The summed E-state index contributed by atoms with van der Waals surface area (Å²) in [6, 6.07) is 15.5. The lowest BCUT2D eigenvalue weighted by Crippen LogP contribution is -2.39. The first-order valence-corrected chi connectivity index (χ1v) is 8.39. The minimum Gasteiger partial charge on any atom is -0.497 e. The third-order valence-electron chi connectivity index (χ3n) is 4.16. The van der Waals surface area contributed by atoms with Crippen LogP contribution in [0.5, 0.6) is 5.75 Å². The standard InChI is InChI=1S/C20H20N4O3/c1-21-20(26)18(13-7-4-3-5-8-13)23-19(25)16-12-22-24-17(16)14-9-6-10-15(11-14)27-2/h3-12,18H,1-2H3,(H,21,26)(H,22,24)(H,23,25)/t18-/m1/s1. The van der Waals surface area contributed by atoms with Crippen molar-refractivity contribution >= 4 is 11.8 Å². The lowest BCUT2D eigenvalue weighted by atomic mass is 10.0. The zero-order valence-corrected chi connectivity index (χ0v) is 15.0. The predicted octanol–water partition coefficient (Wildman–Crippen LogP) is 2.30. The van der Waals surface area contributed by atoms with Crippen LogP contribution < -0.4 is 15.4 Å². The van der Waals surface area contributed by atoms with Crippen LogP contribution in [0.25, 0.3) is 11.3 Å². The van der Waals surface area contributed by atoms with Gasteiger partial charge in [-0.05, 0) is 17.7 Å². The molecule has 3 N–H and O–H groups in total. The molecule has 2 aromatic carbocycles. The number of amides is 2. The molecule has 27 heavy (non-hydrogen) atoms. The minimum atomic E-state index is -0.809. The van der Waals surface area contributed by atoms with Gasteiger partial charge in [0, 0.05) is 12.6 Å². The van der Waals surface area contributed by atoms with Crippen molar-refractivity contribution in [3.8, 4) is 17.0 Å². The average Bonchev–Trinajstić information content (AvgIpc) is 3.22. The highest BCUT2D eigenvalue weighted by Gasteiger charge is 2.24. The van der Waals surface area contributed by atoms with E-state index in [0.717, 1.165) is 5.56 Å². The highest BCUT2D eigenvalue weighted by molar-refractivity contribution is 6.02. The molecule has 7 nitrogen and oxygen atoms in total. The zero-order valence-electron chi connectivity index (χ0n) is 15.0. The molecule has 0 aliphatic rings. The number of hydrogen-bond acceptors (Lipinski definition) is 4. The summed E-state index contributed by atoms with van der Waals surface area (Å²) >= 11 is 0. The summed E-state index contributed by atoms with van der Waals surface area (Å²) in [5.41, 5.74) is 2.34. The molecule has 0 saturated heterocycles. The maximum atomic E-state index is 12.9. The molecule has 0 aliphatic carbocycles. The summed E-state index contributed by atoms with van der Waals surface area (Å²) in [7, 11) is 3.11. The Morgan fingerprint density at radius 1 is 1.11 bits per heavy atom. The lowest BCUT2D eigenvalue weighted by Gasteiger charge is -2.17. The summed E-state index contributed by atoms with van der Waals surface area (Å²) in [6.45, 7) is 0. The average molecular weight is 364 g/mol. The molecule has 3 rings (SSSR count).